The van der Waals surface area contributed by atoms with Gasteiger partial charge in [0.15, 0.2) is 0 Å². The molecule has 0 aliphatic rings. The molecular weight excluding hydrogens is 140 g/mol. The van der Waals surface area contributed by atoms with Gasteiger partial charge < -0.3 is 0 Å². The SMILES string of the molecule is C/C=C\C(=O)N(N)CC.CC. The number of allylic oxidation sites excluding steroid dienone is 1. The molecule has 66 valence electrons. The number of amides is 1. The van der Waals surface area contributed by atoms with Gasteiger partial charge in [-0.15, -0.1) is 0 Å². The van der Waals surface area contributed by atoms with Gasteiger partial charge in [-0.3, -0.25) is 9.80 Å². The summed E-state index contributed by atoms with van der Waals surface area (Å²) in [6.45, 7) is 8.14. The zero-order chi connectivity index (χ0) is 9.28. The van der Waals surface area contributed by atoms with Gasteiger partial charge in [0.1, 0.15) is 0 Å². The average molecular weight is 158 g/mol. The lowest BCUT2D eigenvalue weighted by Crippen LogP contribution is -2.35. The number of likely N-dealkylation sites (N-methyl/N-ethyl adjacent to an activating group) is 1. The number of hydrogen-bond donors (Lipinski definition) is 1. The van der Waals surface area contributed by atoms with Gasteiger partial charge in [0.05, 0.1) is 0 Å². The fourth-order valence-corrected chi connectivity index (χ4v) is 0.394. The van der Waals surface area contributed by atoms with Crippen LogP contribution in [0.5, 0.6) is 0 Å². The van der Waals surface area contributed by atoms with Crippen LogP contribution in [0.3, 0.4) is 0 Å². The quantitative estimate of drug-likeness (QED) is 0.285. The average Bonchev–Trinajstić information content (AvgIpc) is 2.07. The Labute approximate surface area is 68.8 Å². The summed E-state index contributed by atoms with van der Waals surface area (Å²) in [4.78, 5) is 10.7. The van der Waals surface area contributed by atoms with Crippen molar-refractivity contribution in [1.82, 2.24) is 5.01 Å². The van der Waals surface area contributed by atoms with Crippen molar-refractivity contribution in [1.29, 1.82) is 0 Å². The van der Waals surface area contributed by atoms with E-state index < -0.39 is 0 Å². The van der Waals surface area contributed by atoms with Crippen molar-refractivity contribution in [3.8, 4) is 0 Å². The molecule has 0 aliphatic heterocycles. The van der Waals surface area contributed by atoms with Crippen molar-refractivity contribution in [3.63, 3.8) is 0 Å². The summed E-state index contributed by atoms with van der Waals surface area (Å²) in [5.41, 5.74) is 0. The number of hydrogen-bond acceptors (Lipinski definition) is 2. The van der Waals surface area contributed by atoms with Crippen LogP contribution in [0, 0.1) is 0 Å². The largest absolute Gasteiger partial charge is 0.277 e. The van der Waals surface area contributed by atoms with E-state index >= 15 is 0 Å². The molecule has 0 fully saturated rings. The Hall–Kier alpha value is -0.830. The Bertz CT molecular complexity index is 121. The Kier molecular flexibility index (Phi) is 10.7. The second-order valence-corrected chi connectivity index (χ2v) is 1.62. The third kappa shape index (κ3) is 7.06. The Morgan fingerprint density at radius 2 is 2.00 bits per heavy atom. The van der Waals surface area contributed by atoms with Gasteiger partial charge in [-0.2, -0.15) is 0 Å². The molecule has 0 atom stereocenters. The molecule has 0 aromatic heterocycles. The molecule has 0 aromatic carbocycles. The maximum Gasteiger partial charge on any atom is 0.260 e. The van der Waals surface area contributed by atoms with Crippen molar-refractivity contribution in [2.75, 3.05) is 6.54 Å². The van der Waals surface area contributed by atoms with E-state index in [4.69, 9.17) is 5.84 Å². The van der Waals surface area contributed by atoms with E-state index in [9.17, 15) is 4.79 Å². The smallest absolute Gasteiger partial charge is 0.260 e. The first-order valence-corrected chi connectivity index (χ1v) is 3.91. The Morgan fingerprint density at radius 3 is 2.27 bits per heavy atom. The number of hydrazine groups is 1. The lowest BCUT2D eigenvalue weighted by atomic mass is 10.5. The highest BCUT2D eigenvalue weighted by Gasteiger charge is 1.98. The Morgan fingerprint density at radius 1 is 1.55 bits per heavy atom. The number of nitrogens with two attached hydrogens (primary N) is 1. The van der Waals surface area contributed by atoms with Crippen molar-refractivity contribution in [3.05, 3.63) is 12.2 Å². The van der Waals surface area contributed by atoms with Crippen LogP contribution in [-0.2, 0) is 4.79 Å². The maximum absolute atomic E-state index is 10.7. The first kappa shape index (κ1) is 12.8. The van der Waals surface area contributed by atoms with Gasteiger partial charge in [0.2, 0.25) is 0 Å². The summed E-state index contributed by atoms with van der Waals surface area (Å²) in [5.74, 6) is 5.08. The Balaban J connectivity index is 0. The van der Waals surface area contributed by atoms with E-state index in [1.54, 1.807) is 13.0 Å². The minimum absolute atomic E-state index is 0.153. The van der Waals surface area contributed by atoms with Crippen LogP contribution >= 0.6 is 0 Å². The molecule has 0 radical (unpaired) electrons. The predicted molar refractivity (Wildman–Crippen MR) is 47.7 cm³/mol. The molecule has 0 spiro atoms. The molecular formula is C8H18N2O. The highest BCUT2D eigenvalue weighted by Crippen LogP contribution is 1.80. The van der Waals surface area contributed by atoms with Crippen LogP contribution in [0.2, 0.25) is 0 Å². The fourth-order valence-electron chi connectivity index (χ4n) is 0.394. The number of carbonyl (C=O) groups excluding carboxylic acids is 1. The third-order valence-corrected chi connectivity index (χ3v) is 0.933. The second-order valence-electron chi connectivity index (χ2n) is 1.62. The minimum atomic E-state index is -0.153. The van der Waals surface area contributed by atoms with Crippen LogP contribution in [0.15, 0.2) is 12.2 Å². The van der Waals surface area contributed by atoms with E-state index in [0.717, 1.165) is 5.01 Å². The third-order valence-electron chi connectivity index (χ3n) is 0.933. The summed E-state index contributed by atoms with van der Waals surface area (Å²) in [7, 11) is 0. The molecule has 0 aliphatic carbocycles. The van der Waals surface area contributed by atoms with Crippen molar-refractivity contribution < 1.29 is 4.79 Å². The normalized spacial score (nSPS) is 8.82. The first-order valence-electron chi connectivity index (χ1n) is 3.91. The monoisotopic (exact) mass is 158 g/mol. The predicted octanol–water partition coefficient (Wildman–Crippen LogP) is 1.31. The molecule has 1 amide bonds. The van der Waals surface area contributed by atoms with E-state index in [1.807, 2.05) is 20.8 Å². The number of nitrogens with zero attached hydrogens (tertiary/aromatic N) is 1. The van der Waals surface area contributed by atoms with Crippen molar-refractivity contribution in [2.45, 2.75) is 27.7 Å². The van der Waals surface area contributed by atoms with Gasteiger partial charge in [0.25, 0.3) is 5.91 Å². The number of rotatable bonds is 2. The topological polar surface area (TPSA) is 46.3 Å². The molecule has 0 saturated carbocycles. The molecule has 2 N–H and O–H groups in total. The van der Waals surface area contributed by atoms with E-state index in [0.29, 0.717) is 6.54 Å². The minimum Gasteiger partial charge on any atom is -0.277 e. The van der Waals surface area contributed by atoms with Crippen molar-refractivity contribution >= 4 is 5.91 Å². The molecule has 0 aromatic rings. The summed E-state index contributed by atoms with van der Waals surface area (Å²) in [5, 5.41) is 1.15. The van der Waals surface area contributed by atoms with Gasteiger partial charge >= 0.3 is 0 Å². The highest BCUT2D eigenvalue weighted by atomic mass is 16.2. The van der Waals surface area contributed by atoms with Crippen LogP contribution in [-0.4, -0.2) is 17.5 Å². The zero-order valence-electron chi connectivity index (χ0n) is 7.79. The van der Waals surface area contributed by atoms with E-state index in [2.05, 4.69) is 0 Å². The molecule has 0 bridgehead atoms. The van der Waals surface area contributed by atoms with Crippen molar-refractivity contribution in [2.24, 2.45) is 5.84 Å². The molecule has 3 heteroatoms. The summed E-state index contributed by atoms with van der Waals surface area (Å²) < 4.78 is 0. The molecule has 0 heterocycles. The van der Waals surface area contributed by atoms with E-state index in [1.165, 1.54) is 6.08 Å². The summed E-state index contributed by atoms with van der Waals surface area (Å²) in [6, 6.07) is 0. The first-order chi connectivity index (χ1) is 5.22. The van der Waals surface area contributed by atoms with E-state index in [-0.39, 0.29) is 5.91 Å². The number of carbonyl (C=O) groups is 1. The summed E-state index contributed by atoms with van der Waals surface area (Å²) in [6.07, 6.45) is 3.10. The van der Waals surface area contributed by atoms with Crippen LogP contribution in [0.1, 0.15) is 27.7 Å². The lowest BCUT2D eigenvalue weighted by Gasteiger charge is -2.09. The molecule has 0 saturated heterocycles. The zero-order valence-corrected chi connectivity index (χ0v) is 7.79. The van der Waals surface area contributed by atoms with Gasteiger partial charge in [0, 0.05) is 12.6 Å². The lowest BCUT2D eigenvalue weighted by molar-refractivity contribution is -0.126. The molecule has 3 nitrogen and oxygen atoms in total. The van der Waals surface area contributed by atoms with Crippen LogP contribution in [0.4, 0.5) is 0 Å². The van der Waals surface area contributed by atoms with Gasteiger partial charge in [-0.25, -0.2) is 5.84 Å². The van der Waals surface area contributed by atoms with Gasteiger partial charge in [-0.05, 0) is 13.8 Å². The highest BCUT2D eigenvalue weighted by molar-refractivity contribution is 5.86. The standard InChI is InChI=1S/C6H12N2O.C2H6/c1-3-5-6(9)8(7)4-2;1-2/h3,5H,4,7H2,1-2H3;1-2H3/b5-3-;. The maximum atomic E-state index is 10.7. The molecule has 11 heavy (non-hydrogen) atoms. The second kappa shape index (κ2) is 9.17. The summed E-state index contributed by atoms with van der Waals surface area (Å²) >= 11 is 0. The fraction of sp³-hybridized carbons (Fsp3) is 0.625. The van der Waals surface area contributed by atoms with Crippen LogP contribution in [0.25, 0.3) is 0 Å². The van der Waals surface area contributed by atoms with Crippen LogP contribution < -0.4 is 5.84 Å². The molecule has 0 rings (SSSR count). The van der Waals surface area contributed by atoms with Gasteiger partial charge in [-0.1, -0.05) is 19.9 Å². The molecule has 0 unspecified atom stereocenters.